The van der Waals surface area contributed by atoms with Crippen LogP contribution in [0.3, 0.4) is 0 Å². The van der Waals surface area contributed by atoms with Gasteiger partial charge in [-0.25, -0.2) is 4.79 Å². The molecule has 2 heterocycles. The van der Waals surface area contributed by atoms with Crippen LogP contribution in [0.4, 0.5) is 9.59 Å². The summed E-state index contributed by atoms with van der Waals surface area (Å²) in [6.45, 7) is 7.72. The van der Waals surface area contributed by atoms with Crippen molar-refractivity contribution >= 4 is 23.8 Å². The van der Waals surface area contributed by atoms with Crippen LogP contribution in [0.2, 0.25) is 0 Å². The van der Waals surface area contributed by atoms with Gasteiger partial charge in [-0.3, -0.25) is 15.0 Å². The molecule has 2 atom stereocenters. The summed E-state index contributed by atoms with van der Waals surface area (Å²) in [4.78, 5) is 40.9. The number of ether oxygens (including phenoxy) is 1. The number of carbonyl (C=O) groups excluding carboxylic acids is 3. The molecule has 3 rings (SSSR count). The Labute approximate surface area is 196 Å². The molecule has 0 radical (unpaired) electrons. The van der Waals surface area contributed by atoms with E-state index in [-0.39, 0.29) is 36.7 Å². The minimum absolute atomic E-state index is 0.00250. The molecule has 1 saturated heterocycles. The van der Waals surface area contributed by atoms with Crippen LogP contribution in [0, 0.1) is 5.92 Å². The van der Waals surface area contributed by atoms with Crippen LogP contribution in [0.5, 0.6) is 0 Å². The third kappa shape index (κ3) is 6.26. The molecule has 0 saturated carbocycles. The van der Waals surface area contributed by atoms with Gasteiger partial charge in [0.05, 0.1) is 6.17 Å². The Balaban J connectivity index is 1.67. The maximum absolute atomic E-state index is 13.4. The van der Waals surface area contributed by atoms with Crippen molar-refractivity contribution in [3.8, 4) is 0 Å². The average Bonchev–Trinajstić information content (AvgIpc) is 3.37. The lowest BCUT2D eigenvalue weighted by atomic mass is 10.1. The molecule has 1 fully saturated rings. The summed E-state index contributed by atoms with van der Waals surface area (Å²) in [6, 6.07) is 9.83. The summed E-state index contributed by atoms with van der Waals surface area (Å²) >= 11 is 0. The van der Waals surface area contributed by atoms with Crippen LogP contribution in [-0.2, 0) is 16.0 Å². The van der Waals surface area contributed by atoms with Crippen LogP contribution in [0.15, 0.2) is 35.4 Å². The van der Waals surface area contributed by atoms with Gasteiger partial charge in [-0.2, -0.15) is 4.79 Å². The number of imide groups is 1. The van der Waals surface area contributed by atoms with Gasteiger partial charge < -0.3 is 4.74 Å². The Morgan fingerprint density at radius 3 is 2.70 bits per heavy atom. The smallest absolute Gasteiger partial charge is 0.350 e. The molecule has 1 aromatic carbocycles. The molecule has 0 aromatic heterocycles. The van der Waals surface area contributed by atoms with E-state index in [2.05, 4.69) is 27.5 Å². The molecule has 3 amide bonds. The van der Waals surface area contributed by atoms with E-state index >= 15 is 0 Å². The molecule has 1 unspecified atom stereocenters. The Bertz CT molecular complexity index is 870. The number of nitrogens with one attached hydrogen (secondary N) is 1. The number of urea groups is 1. The zero-order chi connectivity index (χ0) is 23.8. The molecular weight excluding hydrogens is 420 g/mol. The number of likely N-dealkylation sites (tertiary alicyclic amines) is 1. The van der Waals surface area contributed by atoms with Gasteiger partial charge in [-0.15, -0.1) is 0 Å². The molecular formula is C25H37N4O4+. The number of rotatable bonds is 11. The van der Waals surface area contributed by atoms with Gasteiger partial charge >= 0.3 is 18.0 Å². The zero-order valence-corrected chi connectivity index (χ0v) is 20.1. The highest BCUT2D eigenvalue weighted by Crippen LogP contribution is 2.25. The fourth-order valence-corrected chi connectivity index (χ4v) is 4.42. The van der Waals surface area contributed by atoms with Crippen molar-refractivity contribution in [1.82, 2.24) is 10.2 Å². The van der Waals surface area contributed by atoms with Gasteiger partial charge in [0.2, 0.25) is 5.78 Å². The number of ketones is 1. The van der Waals surface area contributed by atoms with Gasteiger partial charge in [0.1, 0.15) is 6.54 Å². The molecule has 2 aliphatic rings. The van der Waals surface area contributed by atoms with Gasteiger partial charge in [-0.05, 0) is 47.4 Å². The van der Waals surface area contributed by atoms with Gasteiger partial charge in [-0.1, -0.05) is 57.5 Å². The molecule has 0 spiro atoms. The molecule has 0 bridgehead atoms. The number of benzene rings is 1. The van der Waals surface area contributed by atoms with Gasteiger partial charge in [0, 0.05) is 25.4 Å². The Hall–Kier alpha value is -2.58. The van der Waals surface area contributed by atoms with E-state index in [4.69, 9.17) is 4.74 Å². The Morgan fingerprint density at radius 2 is 2.00 bits per heavy atom. The lowest BCUT2D eigenvalue weighted by Crippen LogP contribution is -2.60. The number of nitrogens with zero attached hydrogens (tertiary/aromatic N) is 3. The number of aryl methyl sites for hydroxylation is 1. The predicted molar refractivity (Wildman–Crippen MR) is 126 cm³/mol. The van der Waals surface area contributed by atoms with Crippen LogP contribution in [-0.4, -0.2) is 59.1 Å². The van der Waals surface area contributed by atoms with Crippen molar-refractivity contribution in [1.29, 1.82) is 0 Å². The third-order valence-corrected chi connectivity index (χ3v) is 6.12. The van der Waals surface area contributed by atoms with Crippen LogP contribution in [0.1, 0.15) is 64.9 Å². The minimum atomic E-state index is -0.848. The second-order valence-corrected chi connectivity index (χ2v) is 9.38. The molecule has 180 valence electrons. The first-order chi connectivity index (χ1) is 15.9. The zero-order valence-electron chi connectivity index (χ0n) is 20.1. The normalized spacial score (nSPS) is 23.0. The van der Waals surface area contributed by atoms with Crippen molar-refractivity contribution in [2.45, 2.75) is 71.9 Å². The Morgan fingerprint density at radius 1 is 1.24 bits per heavy atom. The summed E-state index contributed by atoms with van der Waals surface area (Å²) < 4.78 is 4.37. The summed E-state index contributed by atoms with van der Waals surface area (Å²) in [6.07, 6.45) is 4.60. The number of carbonyl (C=O) groups is 3. The summed E-state index contributed by atoms with van der Waals surface area (Å²) in [7, 11) is 0. The highest BCUT2D eigenvalue weighted by molar-refractivity contribution is 6.38. The number of Topliss-reactive ketones (excluding diaryl/α,β-unsaturated/α-hetero) is 1. The van der Waals surface area contributed by atoms with Gasteiger partial charge in [0.25, 0.3) is 0 Å². The summed E-state index contributed by atoms with van der Waals surface area (Å²) in [5.41, 5.74) is 1.30. The lowest BCUT2D eigenvalue weighted by molar-refractivity contribution is -0.779. The monoisotopic (exact) mass is 457 g/mol. The quantitative estimate of drug-likeness (QED) is 0.496. The highest BCUT2D eigenvalue weighted by atomic mass is 16.6. The van der Waals surface area contributed by atoms with E-state index < -0.39 is 16.7 Å². The first-order valence-electron chi connectivity index (χ1n) is 12.2. The number of unbranched alkanes of at least 4 members (excludes halogenated alkanes) is 1. The van der Waals surface area contributed by atoms with Crippen molar-refractivity contribution < 1.29 is 23.7 Å². The van der Waals surface area contributed by atoms with Crippen molar-refractivity contribution in [3.05, 3.63) is 35.9 Å². The number of cyclic esters (lactones) is 1. The maximum Gasteiger partial charge on any atom is 0.560 e. The lowest BCUT2D eigenvalue weighted by Gasteiger charge is -2.28. The standard InChI is InChI=1S/C25H36N4O4/c1-4-5-14-21(30)23-27-29(18-19(2)3,25(32)33-23)24(31)26-22-15-10-17-28(22)16-9-13-20-11-7-6-8-12-20/h6-8,11-12,19,22H,4-5,9-10,13-18H2,1-3H3/p+1/t22-,29?/m0/s1. The van der Waals surface area contributed by atoms with Crippen molar-refractivity contribution in [3.63, 3.8) is 0 Å². The molecule has 8 nitrogen and oxygen atoms in total. The molecule has 1 N–H and O–H groups in total. The molecule has 8 heteroatoms. The SMILES string of the molecule is CCCCC(=O)C1=N[N+](CC(C)C)(C(=O)N[C@@H]2CCCN2CCCc2ccccc2)C(=O)O1. The fraction of sp³-hybridized carbons (Fsp3) is 0.600. The summed E-state index contributed by atoms with van der Waals surface area (Å²) in [5, 5.41) is 7.30. The van der Waals surface area contributed by atoms with E-state index in [0.717, 1.165) is 45.2 Å². The summed E-state index contributed by atoms with van der Waals surface area (Å²) in [5.74, 6) is -0.566. The average molecular weight is 458 g/mol. The first kappa shape index (κ1) is 25.1. The molecule has 33 heavy (non-hydrogen) atoms. The molecule has 1 aromatic rings. The number of amides is 3. The van der Waals surface area contributed by atoms with Crippen LogP contribution in [0.25, 0.3) is 0 Å². The van der Waals surface area contributed by atoms with Gasteiger partial charge in [0.15, 0.2) is 0 Å². The van der Waals surface area contributed by atoms with Crippen molar-refractivity contribution in [2.75, 3.05) is 19.6 Å². The van der Waals surface area contributed by atoms with Crippen LogP contribution < -0.4 is 5.32 Å². The van der Waals surface area contributed by atoms with E-state index in [9.17, 15) is 14.4 Å². The minimum Gasteiger partial charge on any atom is -0.350 e. The molecule has 2 aliphatic heterocycles. The van der Waals surface area contributed by atoms with Crippen molar-refractivity contribution in [2.24, 2.45) is 11.0 Å². The first-order valence-corrected chi connectivity index (χ1v) is 12.2. The highest BCUT2D eigenvalue weighted by Gasteiger charge is 2.56. The maximum atomic E-state index is 13.4. The van der Waals surface area contributed by atoms with E-state index in [1.807, 2.05) is 39.0 Å². The van der Waals surface area contributed by atoms with E-state index in [1.54, 1.807) is 0 Å². The van der Waals surface area contributed by atoms with Crippen LogP contribution >= 0.6 is 0 Å². The van der Waals surface area contributed by atoms with E-state index in [1.165, 1.54) is 5.56 Å². The Kier molecular flexibility index (Phi) is 8.74. The molecule has 0 aliphatic carbocycles. The third-order valence-electron chi connectivity index (χ3n) is 6.12. The second-order valence-electron chi connectivity index (χ2n) is 9.38. The number of hydrogen-bond donors (Lipinski definition) is 1. The van der Waals surface area contributed by atoms with E-state index in [0.29, 0.717) is 6.42 Å². The number of hydrogen-bond acceptors (Lipinski definition) is 6. The topological polar surface area (TPSA) is 88.1 Å². The second kappa shape index (κ2) is 11.5. The number of quaternary nitrogens is 1. The predicted octanol–water partition coefficient (Wildman–Crippen LogP) is 4.45. The fourth-order valence-electron chi connectivity index (χ4n) is 4.42. The largest absolute Gasteiger partial charge is 0.560 e.